The first-order valence-corrected chi connectivity index (χ1v) is 11.9. The van der Waals surface area contributed by atoms with Crippen LogP contribution in [0.3, 0.4) is 0 Å². The van der Waals surface area contributed by atoms with Crippen LogP contribution in [-0.4, -0.2) is 32.1 Å². The summed E-state index contributed by atoms with van der Waals surface area (Å²) in [6.07, 6.45) is 2.19. The van der Waals surface area contributed by atoms with Crippen molar-refractivity contribution in [1.82, 2.24) is 5.32 Å². The van der Waals surface area contributed by atoms with Crippen molar-refractivity contribution in [2.45, 2.75) is 26.3 Å². The van der Waals surface area contributed by atoms with Crippen molar-refractivity contribution in [3.63, 3.8) is 0 Å². The number of carbonyl (C=O) groups excluding carboxylic acids is 2. The molecule has 3 amide bonds. The van der Waals surface area contributed by atoms with Crippen LogP contribution in [0.15, 0.2) is 60.7 Å². The standard InChI is InChI=1S/C27H29ClN4O3/c1-18-5-9-21(16-23(18)28)30-27(34)31-24-15-20(8-12-25(24)32-13-3-4-14-32)26(33)29-17-19-6-10-22(35-2)11-7-19/h5-12,15-16H,3-4,13-14,17H2,1-2H3,(H,29,33)(H2,30,31,34). The molecular weight excluding hydrogens is 464 g/mol. The van der Waals surface area contributed by atoms with Gasteiger partial charge in [0, 0.05) is 35.9 Å². The summed E-state index contributed by atoms with van der Waals surface area (Å²) >= 11 is 6.18. The van der Waals surface area contributed by atoms with E-state index in [0.29, 0.717) is 28.5 Å². The Kier molecular flexibility index (Phi) is 7.77. The summed E-state index contributed by atoms with van der Waals surface area (Å²) < 4.78 is 5.17. The Morgan fingerprint density at radius 1 is 0.971 bits per heavy atom. The molecule has 3 aromatic rings. The normalized spacial score (nSPS) is 12.8. The Hall–Kier alpha value is -3.71. The van der Waals surface area contributed by atoms with Gasteiger partial charge in [-0.2, -0.15) is 0 Å². The number of hydrogen-bond donors (Lipinski definition) is 3. The van der Waals surface area contributed by atoms with Crippen LogP contribution in [-0.2, 0) is 6.54 Å². The van der Waals surface area contributed by atoms with Gasteiger partial charge in [-0.15, -0.1) is 0 Å². The molecule has 1 fully saturated rings. The molecule has 0 spiro atoms. The number of nitrogens with one attached hydrogen (secondary N) is 3. The Morgan fingerprint density at radius 3 is 2.40 bits per heavy atom. The minimum Gasteiger partial charge on any atom is -0.497 e. The molecule has 1 aliphatic heterocycles. The molecule has 7 nitrogen and oxygen atoms in total. The number of amides is 3. The highest BCUT2D eigenvalue weighted by Gasteiger charge is 2.19. The molecule has 8 heteroatoms. The van der Waals surface area contributed by atoms with Crippen molar-refractivity contribution >= 4 is 40.6 Å². The average Bonchev–Trinajstić information content (AvgIpc) is 3.40. The van der Waals surface area contributed by atoms with E-state index in [1.807, 2.05) is 43.3 Å². The van der Waals surface area contributed by atoms with Crippen molar-refractivity contribution in [1.29, 1.82) is 0 Å². The number of anilines is 3. The molecular formula is C27H29ClN4O3. The van der Waals surface area contributed by atoms with E-state index in [0.717, 1.165) is 48.5 Å². The molecule has 3 aromatic carbocycles. The van der Waals surface area contributed by atoms with Crippen LogP contribution >= 0.6 is 11.6 Å². The van der Waals surface area contributed by atoms with E-state index in [2.05, 4.69) is 20.9 Å². The molecule has 182 valence electrons. The topological polar surface area (TPSA) is 82.7 Å². The highest BCUT2D eigenvalue weighted by Crippen LogP contribution is 2.30. The molecule has 0 saturated carbocycles. The zero-order valence-corrected chi connectivity index (χ0v) is 20.6. The number of urea groups is 1. The molecule has 0 atom stereocenters. The number of benzene rings is 3. The fourth-order valence-corrected chi connectivity index (χ4v) is 4.17. The Bertz CT molecular complexity index is 1210. The molecule has 0 bridgehead atoms. The predicted molar refractivity (Wildman–Crippen MR) is 141 cm³/mol. The number of hydrogen-bond acceptors (Lipinski definition) is 4. The van der Waals surface area contributed by atoms with E-state index in [4.69, 9.17) is 16.3 Å². The quantitative estimate of drug-likeness (QED) is 0.387. The lowest BCUT2D eigenvalue weighted by Crippen LogP contribution is -2.26. The van der Waals surface area contributed by atoms with Crippen molar-refractivity contribution < 1.29 is 14.3 Å². The van der Waals surface area contributed by atoms with Gasteiger partial charge in [0.2, 0.25) is 0 Å². The van der Waals surface area contributed by atoms with Crippen LogP contribution in [0, 0.1) is 6.92 Å². The second-order valence-corrected chi connectivity index (χ2v) is 8.91. The molecule has 0 aromatic heterocycles. The largest absolute Gasteiger partial charge is 0.497 e. The van der Waals surface area contributed by atoms with Gasteiger partial charge in [-0.25, -0.2) is 4.79 Å². The van der Waals surface area contributed by atoms with Crippen LogP contribution < -0.4 is 25.6 Å². The van der Waals surface area contributed by atoms with Crippen molar-refractivity contribution in [2.75, 3.05) is 35.7 Å². The first-order chi connectivity index (χ1) is 16.9. The summed E-state index contributed by atoms with van der Waals surface area (Å²) in [5.41, 5.74) is 4.43. The lowest BCUT2D eigenvalue weighted by atomic mass is 10.1. The molecule has 0 aliphatic carbocycles. The third kappa shape index (κ3) is 6.25. The van der Waals surface area contributed by atoms with E-state index < -0.39 is 6.03 Å². The zero-order chi connectivity index (χ0) is 24.8. The van der Waals surface area contributed by atoms with E-state index in [1.54, 1.807) is 31.4 Å². The monoisotopic (exact) mass is 492 g/mol. The number of nitrogens with zero attached hydrogens (tertiary/aromatic N) is 1. The maximum atomic E-state index is 12.9. The first kappa shape index (κ1) is 24.4. The van der Waals surface area contributed by atoms with E-state index in [1.165, 1.54) is 0 Å². The third-order valence-electron chi connectivity index (χ3n) is 6.00. The fourth-order valence-electron chi connectivity index (χ4n) is 3.99. The van der Waals surface area contributed by atoms with E-state index in [9.17, 15) is 9.59 Å². The predicted octanol–water partition coefficient (Wildman–Crippen LogP) is 5.83. The number of aryl methyl sites for hydroxylation is 1. The van der Waals surface area contributed by atoms with Gasteiger partial charge < -0.3 is 25.6 Å². The molecule has 4 rings (SSSR count). The van der Waals surface area contributed by atoms with Crippen molar-refractivity contribution in [3.05, 3.63) is 82.4 Å². The molecule has 35 heavy (non-hydrogen) atoms. The summed E-state index contributed by atoms with van der Waals surface area (Å²) in [6, 6.07) is 17.9. The van der Waals surface area contributed by atoms with Gasteiger partial charge >= 0.3 is 6.03 Å². The SMILES string of the molecule is COc1ccc(CNC(=O)c2ccc(N3CCCC3)c(NC(=O)Nc3ccc(C)c(Cl)c3)c2)cc1. The number of methoxy groups -OCH3 is 1. The van der Waals surface area contributed by atoms with Gasteiger partial charge in [0.15, 0.2) is 0 Å². The second-order valence-electron chi connectivity index (χ2n) is 8.50. The molecule has 1 saturated heterocycles. The smallest absolute Gasteiger partial charge is 0.323 e. The molecule has 1 aliphatic rings. The lowest BCUT2D eigenvalue weighted by molar-refractivity contribution is 0.0951. The van der Waals surface area contributed by atoms with Crippen LogP contribution in [0.5, 0.6) is 5.75 Å². The summed E-state index contributed by atoms with van der Waals surface area (Å²) in [5.74, 6) is 0.544. The van der Waals surface area contributed by atoms with Gasteiger partial charge in [0.05, 0.1) is 18.5 Å². The van der Waals surface area contributed by atoms with Gasteiger partial charge in [0.1, 0.15) is 5.75 Å². The molecule has 0 unspecified atom stereocenters. The summed E-state index contributed by atoms with van der Waals surface area (Å²) in [4.78, 5) is 27.9. The number of carbonyl (C=O) groups is 2. The molecule has 1 heterocycles. The Balaban J connectivity index is 1.49. The average molecular weight is 493 g/mol. The van der Waals surface area contributed by atoms with Crippen LogP contribution in [0.4, 0.5) is 21.9 Å². The molecule has 0 radical (unpaired) electrons. The zero-order valence-electron chi connectivity index (χ0n) is 19.9. The van der Waals surface area contributed by atoms with Crippen LogP contribution in [0.2, 0.25) is 5.02 Å². The highest BCUT2D eigenvalue weighted by molar-refractivity contribution is 6.31. The number of rotatable bonds is 7. The maximum Gasteiger partial charge on any atom is 0.323 e. The summed E-state index contributed by atoms with van der Waals surface area (Å²) in [5, 5.41) is 9.26. The first-order valence-electron chi connectivity index (χ1n) is 11.6. The second kappa shape index (κ2) is 11.1. The van der Waals surface area contributed by atoms with Crippen LogP contribution in [0.1, 0.15) is 34.3 Å². The maximum absolute atomic E-state index is 12.9. The fraction of sp³-hybridized carbons (Fsp3) is 0.259. The number of ether oxygens (including phenoxy) is 1. The van der Waals surface area contributed by atoms with Gasteiger partial charge in [-0.1, -0.05) is 29.8 Å². The molecule has 3 N–H and O–H groups in total. The van der Waals surface area contributed by atoms with Crippen molar-refractivity contribution in [3.8, 4) is 5.75 Å². The van der Waals surface area contributed by atoms with E-state index in [-0.39, 0.29) is 5.91 Å². The number of halogens is 1. The van der Waals surface area contributed by atoms with Crippen molar-refractivity contribution in [2.24, 2.45) is 0 Å². The Morgan fingerprint density at radius 2 is 1.71 bits per heavy atom. The minimum absolute atomic E-state index is 0.220. The summed E-state index contributed by atoms with van der Waals surface area (Å²) in [6.45, 7) is 4.10. The third-order valence-corrected chi connectivity index (χ3v) is 6.40. The minimum atomic E-state index is -0.402. The Labute approximate surface area is 210 Å². The van der Waals surface area contributed by atoms with Gasteiger partial charge in [0.25, 0.3) is 5.91 Å². The highest BCUT2D eigenvalue weighted by atomic mass is 35.5. The van der Waals surface area contributed by atoms with Crippen LogP contribution in [0.25, 0.3) is 0 Å². The van der Waals surface area contributed by atoms with E-state index >= 15 is 0 Å². The van der Waals surface area contributed by atoms with Gasteiger partial charge in [-0.05, 0) is 73.4 Å². The lowest BCUT2D eigenvalue weighted by Gasteiger charge is -2.22. The summed E-state index contributed by atoms with van der Waals surface area (Å²) in [7, 11) is 1.62. The van der Waals surface area contributed by atoms with Gasteiger partial charge in [-0.3, -0.25) is 4.79 Å².